The fourth-order valence-electron chi connectivity index (χ4n) is 2.97. The van der Waals surface area contributed by atoms with Crippen LogP contribution in [-0.4, -0.2) is 27.6 Å². The van der Waals surface area contributed by atoms with Crippen molar-refractivity contribution in [3.63, 3.8) is 0 Å². The molecule has 1 saturated heterocycles. The molecule has 0 saturated carbocycles. The van der Waals surface area contributed by atoms with Crippen LogP contribution in [-0.2, 0) is 13.0 Å². The fraction of sp³-hybridized carbons (Fsp3) is 0.500. The molecule has 1 aromatic heterocycles. The summed E-state index contributed by atoms with van der Waals surface area (Å²) in [6, 6.07) is 7.31. The molecule has 0 spiro atoms. The van der Waals surface area contributed by atoms with Gasteiger partial charge in [0.2, 0.25) is 5.89 Å². The lowest BCUT2D eigenvalue weighted by Crippen LogP contribution is -2.27. The number of halogens is 1. The van der Waals surface area contributed by atoms with Crippen molar-refractivity contribution in [2.24, 2.45) is 0 Å². The van der Waals surface area contributed by atoms with Gasteiger partial charge in [-0.25, -0.2) is 4.39 Å². The van der Waals surface area contributed by atoms with Crippen molar-refractivity contribution < 1.29 is 8.91 Å². The van der Waals surface area contributed by atoms with Crippen LogP contribution in [0, 0.1) is 5.82 Å². The number of hydrogen-bond donors (Lipinski definition) is 0. The van der Waals surface area contributed by atoms with E-state index >= 15 is 0 Å². The van der Waals surface area contributed by atoms with E-state index < -0.39 is 0 Å². The molecule has 3 rings (SSSR count). The van der Waals surface area contributed by atoms with Crippen molar-refractivity contribution >= 4 is 0 Å². The number of nitrogens with zero attached hydrogens (tertiary/aromatic N) is 3. The molecular weight excluding hydrogens is 269 g/mol. The lowest BCUT2D eigenvalue weighted by atomic mass is 9.97. The fourth-order valence-corrected chi connectivity index (χ4v) is 2.97. The standard InChI is InChI=1S/C16H20FN3O/c1-3-16-18-15(19-21-16)10-20-9-13(8-11(20)2)12-4-6-14(17)7-5-12/h4-7,11,13H,3,8-10H2,1-2H3/t11-,13+/m0/s1. The summed E-state index contributed by atoms with van der Waals surface area (Å²) in [5, 5.41) is 4.02. The molecule has 4 nitrogen and oxygen atoms in total. The Balaban J connectivity index is 1.66. The summed E-state index contributed by atoms with van der Waals surface area (Å²) in [5.41, 5.74) is 1.20. The number of benzene rings is 1. The predicted molar refractivity (Wildman–Crippen MR) is 77.3 cm³/mol. The van der Waals surface area contributed by atoms with Gasteiger partial charge in [-0.05, 0) is 37.0 Å². The van der Waals surface area contributed by atoms with E-state index in [0.717, 1.165) is 25.2 Å². The highest BCUT2D eigenvalue weighted by Crippen LogP contribution is 2.32. The molecule has 0 bridgehead atoms. The highest BCUT2D eigenvalue weighted by atomic mass is 19.1. The van der Waals surface area contributed by atoms with Gasteiger partial charge < -0.3 is 4.52 Å². The summed E-state index contributed by atoms with van der Waals surface area (Å²) in [5.74, 6) is 1.70. The number of rotatable bonds is 4. The van der Waals surface area contributed by atoms with Gasteiger partial charge in [0.25, 0.3) is 0 Å². The van der Waals surface area contributed by atoms with Crippen LogP contribution in [0.25, 0.3) is 0 Å². The topological polar surface area (TPSA) is 42.2 Å². The first-order valence-corrected chi connectivity index (χ1v) is 7.46. The second kappa shape index (κ2) is 5.93. The van der Waals surface area contributed by atoms with E-state index in [1.165, 1.54) is 17.7 Å². The van der Waals surface area contributed by atoms with Gasteiger partial charge >= 0.3 is 0 Å². The van der Waals surface area contributed by atoms with Gasteiger partial charge in [0, 0.05) is 19.0 Å². The maximum absolute atomic E-state index is 13.0. The average Bonchev–Trinajstić information content (AvgIpc) is 3.08. The minimum absolute atomic E-state index is 0.180. The van der Waals surface area contributed by atoms with Crippen LogP contribution in [0.5, 0.6) is 0 Å². The van der Waals surface area contributed by atoms with E-state index in [-0.39, 0.29) is 5.82 Å². The van der Waals surface area contributed by atoms with Crippen LogP contribution >= 0.6 is 0 Å². The Morgan fingerprint density at radius 3 is 2.76 bits per heavy atom. The number of likely N-dealkylation sites (tertiary alicyclic amines) is 1. The first kappa shape index (κ1) is 14.2. The van der Waals surface area contributed by atoms with Crippen LogP contribution < -0.4 is 0 Å². The first-order valence-electron chi connectivity index (χ1n) is 7.46. The van der Waals surface area contributed by atoms with Crippen molar-refractivity contribution in [2.45, 2.75) is 45.2 Å². The Morgan fingerprint density at radius 1 is 1.33 bits per heavy atom. The molecule has 21 heavy (non-hydrogen) atoms. The molecule has 2 aromatic rings. The summed E-state index contributed by atoms with van der Waals surface area (Å²) >= 11 is 0. The summed E-state index contributed by atoms with van der Waals surface area (Å²) in [7, 11) is 0. The van der Waals surface area contributed by atoms with Gasteiger partial charge in [-0.2, -0.15) is 4.98 Å². The highest BCUT2D eigenvalue weighted by molar-refractivity contribution is 5.22. The third-order valence-electron chi connectivity index (χ3n) is 4.20. The van der Waals surface area contributed by atoms with Gasteiger partial charge in [0.05, 0.1) is 6.54 Å². The van der Waals surface area contributed by atoms with Crippen LogP contribution in [0.15, 0.2) is 28.8 Å². The number of aryl methyl sites for hydroxylation is 1. The molecule has 0 radical (unpaired) electrons. The molecule has 1 fully saturated rings. The second-order valence-electron chi connectivity index (χ2n) is 5.72. The third kappa shape index (κ3) is 3.13. The van der Waals surface area contributed by atoms with Crippen molar-refractivity contribution in [3.8, 4) is 0 Å². The summed E-state index contributed by atoms with van der Waals surface area (Å²) < 4.78 is 18.2. The maximum Gasteiger partial charge on any atom is 0.226 e. The molecule has 1 aromatic carbocycles. The number of hydrogen-bond acceptors (Lipinski definition) is 4. The Kier molecular flexibility index (Phi) is 4.01. The quantitative estimate of drug-likeness (QED) is 0.867. The van der Waals surface area contributed by atoms with Crippen LogP contribution in [0.2, 0.25) is 0 Å². The van der Waals surface area contributed by atoms with Gasteiger partial charge in [-0.1, -0.05) is 24.2 Å². The molecule has 112 valence electrons. The third-order valence-corrected chi connectivity index (χ3v) is 4.20. The van der Waals surface area contributed by atoms with Crippen molar-refractivity contribution in [1.82, 2.24) is 15.0 Å². The van der Waals surface area contributed by atoms with E-state index in [9.17, 15) is 4.39 Å². The molecule has 2 heterocycles. The Morgan fingerprint density at radius 2 is 2.10 bits per heavy atom. The minimum atomic E-state index is -0.180. The SMILES string of the molecule is CCc1nc(CN2C[C@H](c3ccc(F)cc3)C[C@@H]2C)no1. The molecule has 2 atom stereocenters. The van der Waals surface area contributed by atoms with Gasteiger partial charge in [-0.3, -0.25) is 4.90 Å². The summed E-state index contributed by atoms with van der Waals surface area (Å²) in [6.07, 6.45) is 1.84. The summed E-state index contributed by atoms with van der Waals surface area (Å²) in [4.78, 5) is 6.73. The zero-order valence-corrected chi connectivity index (χ0v) is 12.4. The van der Waals surface area contributed by atoms with Crippen molar-refractivity contribution in [2.75, 3.05) is 6.54 Å². The molecule has 0 amide bonds. The molecule has 0 N–H and O–H groups in total. The highest BCUT2D eigenvalue weighted by Gasteiger charge is 2.30. The van der Waals surface area contributed by atoms with Gasteiger partial charge in [0.1, 0.15) is 5.82 Å². The number of aromatic nitrogens is 2. The Labute approximate surface area is 124 Å². The Bertz CT molecular complexity index is 596. The first-order chi connectivity index (χ1) is 10.2. The Hall–Kier alpha value is -1.75. The average molecular weight is 289 g/mol. The predicted octanol–water partition coefficient (Wildman–Crippen LogP) is 3.15. The van der Waals surface area contributed by atoms with Crippen LogP contribution in [0.1, 0.15) is 43.5 Å². The molecule has 0 unspecified atom stereocenters. The zero-order chi connectivity index (χ0) is 14.8. The van der Waals surface area contributed by atoms with E-state index in [1.807, 2.05) is 19.1 Å². The largest absolute Gasteiger partial charge is 0.339 e. The van der Waals surface area contributed by atoms with Crippen molar-refractivity contribution in [3.05, 3.63) is 47.4 Å². The van der Waals surface area contributed by atoms with Crippen LogP contribution in [0.4, 0.5) is 4.39 Å². The molecule has 1 aliphatic heterocycles. The zero-order valence-electron chi connectivity index (χ0n) is 12.4. The molecule has 0 aliphatic carbocycles. The monoisotopic (exact) mass is 289 g/mol. The van der Waals surface area contributed by atoms with Gasteiger partial charge in [-0.15, -0.1) is 0 Å². The lowest BCUT2D eigenvalue weighted by Gasteiger charge is -2.18. The van der Waals surface area contributed by atoms with E-state index in [0.29, 0.717) is 24.4 Å². The van der Waals surface area contributed by atoms with Crippen LogP contribution in [0.3, 0.4) is 0 Å². The minimum Gasteiger partial charge on any atom is -0.339 e. The lowest BCUT2D eigenvalue weighted by molar-refractivity contribution is 0.247. The molecule has 5 heteroatoms. The van der Waals surface area contributed by atoms with Crippen molar-refractivity contribution in [1.29, 1.82) is 0 Å². The molecule has 1 aliphatic rings. The molecular formula is C16H20FN3O. The van der Waals surface area contributed by atoms with E-state index in [2.05, 4.69) is 22.0 Å². The normalized spacial score (nSPS) is 22.8. The van der Waals surface area contributed by atoms with E-state index in [4.69, 9.17) is 4.52 Å². The smallest absolute Gasteiger partial charge is 0.226 e. The second-order valence-corrected chi connectivity index (χ2v) is 5.72. The van der Waals surface area contributed by atoms with E-state index in [1.54, 1.807) is 0 Å². The summed E-state index contributed by atoms with van der Waals surface area (Å²) in [6.45, 7) is 5.87. The maximum atomic E-state index is 13.0. The van der Waals surface area contributed by atoms with Gasteiger partial charge in [0.15, 0.2) is 5.82 Å².